The lowest BCUT2D eigenvalue weighted by atomic mass is 9.96. The molecule has 0 aliphatic carbocycles. The van der Waals surface area contributed by atoms with Crippen molar-refractivity contribution in [1.29, 1.82) is 0 Å². The second kappa shape index (κ2) is 8.36. The number of fused-ring (bicyclic) bond motifs is 1. The van der Waals surface area contributed by atoms with Crippen molar-refractivity contribution >= 4 is 16.8 Å². The van der Waals surface area contributed by atoms with Crippen molar-refractivity contribution in [3.05, 3.63) is 108 Å². The Kier molecular flexibility index (Phi) is 5.26. The van der Waals surface area contributed by atoms with Crippen LogP contribution in [-0.2, 0) is 0 Å². The number of carbonyl (C=O) groups excluding carboxylic acids is 1. The molecule has 1 aliphatic rings. The Morgan fingerprint density at radius 2 is 1.42 bits per heavy atom. The first-order chi connectivity index (χ1) is 15.2. The van der Waals surface area contributed by atoms with Crippen LogP contribution in [0.1, 0.15) is 27.7 Å². The molecule has 0 bridgehead atoms. The smallest absolute Gasteiger partial charge is 0.270 e. The van der Waals surface area contributed by atoms with Crippen LogP contribution in [0.4, 0.5) is 4.39 Å². The summed E-state index contributed by atoms with van der Waals surface area (Å²) in [6, 6.07) is 27.5. The Balaban J connectivity index is 1.34. The molecule has 1 N–H and O–H groups in total. The molecular weight excluding hydrogens is 389 g/mol. The van der Waals surface area contributed by atoms with Gasteiger partial charge in [0.05, 0.1) is 6.04 Å². The highest BCUT2D eigenvalue weighted by molar-refractivity contribution is 5.98. The molecule has 5 rings (SSSR count). The Morgan fingerprint density at radius 1 is 0.806 bits per heavy atom. The Hall–Kier alpha value is -3.44. The van der Waals surface area contributed by atoms with Gasteiger partial charge in [0.1, 0.15) is 11.5 Å². The van der Waals surface area contributed by atoms with Crippen LogP contribution in [0.25, 0.3) is 10.9 Å². The summed E-state index contributed by atoms with van der Waals surface area (Å²) < 4.78 is 13.5. The number of hydrogen-bond acceptors (Lipinski definition) is 2. The lowest BCUT2D eigenvalue weighted by molar-refractivity contribution is 0.0592. The lowest BCUT2D eigenvalue weighted by Crippen LogP contribution is -2.50. The summed E-state index contributed by atoms with van der Waals surface area (Å²) in [7, 11) is 0. The van der Waals surface area contributed by atoms with Gasteiger partial charge in [0, 0.05) is 37.1 Å². The van der Waals surface area contributed by atoms with E-state index in [2.05, 4.69) is 58.4 Å². The quantitative estimate of drug-likeness (QED) is 0.519. The van der Waals surface area contributed by atoms with E-state index in [-0.39, 0.29) is 17.8 Å². The van der Waals surface area contributed by atoms with Gasteiger partial charge in [0.25, 0.3) is 5.91 Å². The van der Waals surface area contributed by atoms with Crippen molar-refractivity contribution in [3.63, 3.8) is 0 Å². The molecule has 1 amide bonds. The zero-order chi connectivity index (χ0) is 21.2. The molecule has 0 saturated carbocycles. The molecule has 1 saturated heterocycles. The van der Waals surface area contributed by atoms with Crippen LogP contribution in [-0.4, -0.2) is 46.9 Å². The number of aromatic amines is 1. The summed E-state index contributed by atoms with van der Waals surface area (Å²) >= 11 is 0. The van der Waals surface area contributed by atoms with Crippen LogP contribution in [0.15, 0.2) is 84.9 Å². The second-order valence-electron chi connectivity index (χ2n) is 7.97. The first-order valence-electron chi connectivity index (χ1n) is 10.6. The van der Waals surface area contributed by atoms with E-state index < -0.39 is 0 Å². The third-order valence-corrected chi connectivity index (χ3v) is 6.01. The van der Waals surface area contributed by atoms with Crippen molar-refractivity contribution in [1.82, 2.24) is 14.8 Å². The third-order valence-electron chi connectivity index (χ3n) is 6.01. The van der Waals surface area contributed by atoms with Gasteiger partial charge in [-0.3, -0.25) is 9.69 Å². The lowest BCUT2D eigenvalue weighted by Gasteiger charge is -2.39. The normalized spacial score (nSPS) is 15.0. The molecule has 4 aromatic rings. The predicted octanol–water partition coefficient (Wildman–Crippen LogP) is 4.85. The van der Waals surface area contributed by atoms with Gasteiger partial charge in [-0.2, -0.15) is 0 Å². The largest absolute Gasteiger partial charge is 0.351 e. The van der Waals surface area contributed by atoms with Crippen molar-refractivity contribution in [2.24, 2.45) is 0 Å². The van der Waals surface area contributed by atoms with Gasteiger partial charge < -0.3 is 9.88 Å². The molecule has 0 atom stereocenters. The monoisotopic (exact) mass is 413 g/mol. The highest BCUT2D eigenvalue weighted by Gasteiger charge is 2.29. The average molecular weight is 413 g/mol. The summed E-state index contributed by atoms with van der Waals surface area (Å²) in [5, 5.41) is 0.718. The van der Waals surface area contributed by atoms with E-state index >= 15 is 0 Å². The molecule has 2 heterocycles. The number of halogens is 1. The summed E-state index contributed by atoms with van der Waals surface area (Å²) in [5.41, 5.74) is 3.80. The van der Waals surface area contributed by atoms with Crippen LogP contribution in [0, 0.1) is 5.82 Å². The number of amides is 1. The van der Waals surface area contributed by atoms with Gasteiger partial charge in [-0.1, -0.05) is 60.7 Å². The fourth-order valence-corrected chi connectivity index (χ4v) is 4.46. The number of aromatic nitrogens is 1. The number of carbonyl (C=O) groups is 1. The van der Waals surface area contributed by atoms with Gasteiger partial charge in [-0.25, -0.2) is 4.39 Å². The molecule has 31 heavy (non-hydrogen) atoms. The van der Waals surface area contributed by atoms with Crippen LogP contribution in [0.2, 0.25) is 0 Å². The zero-order valence-corrected chi connectivity index (χ0v) is 17.2. The van der Waals surface area contributed by atoms with Crippen LogP contribution >= 0.6 is 0 Å². The highest BCUT2D eigenvalue weighted by Crippen LogP contribution is 2.29. The minimum atomic E-state index is -0.299. The van der Waals surface area contributed by atoms with E-state index in [1.807, 2.05) is 17.0 Å². The SMILES string of the molecule is O=C(c1cc2cc(F)ccc2[nH]1)N1CCN(C(c2ccccc2)c2ccccc2)CC1. The maximum atomic E-state index is 13.5. The zero-order valence-electron chi connectivity index (χ0n) is 17.2. The number of H-pyrrole nitrogens is 1. The molecule has 0 unspecified atom stereocenters. The highest BCUT2D eigenvalue weighted by atomic mass is 19.1. The van der Waals surface area contributed by atoms with Crippen molar-refractivity contribution in [3.8, 4) is 0 Å². The van der Waals surface area contributed by atoms with Crippen LogP contribution in [0.5, 0.6) is 0 Å². The number of hydrogen-bond donors (Lipinski definition) is 1. The fourth-order valence-electron chi connectivity index (χ4n) is 4.46. The summed E-state index contributed by atoms with van der Waals surface area (Å²) in [6.45, 7) is 2.88. The Labute approximate surface area is 180 Å². The molecular formula is C26H24FN3O. The second-order valence-corrected chi connectivity index (χ2v) is 7.97. The molecule has 3 aromatic carbocycles. The predicted molar refractivity (Wildman–Crippen MR) is 120 cm³/mol. The standard InChI is InChI=1S/C26H24FN3O/c27-22-11-12-23-21(17-22)18-24(28-23)26(31)30-15-13-29(14-16-30)25(19-7-3-1-4-8-19)20-9-5-2-6-10-20/h1-12,17-18,25,28H,13-16H2. The van der Waals surface area contributed by atoms with E-state index in [0.29, 0.717) is 18.8 Å². The third kappa shape index (κ3) is 3.97. The van der Waals surface area contributed by atoms with Gasteiger partial charge in [0.15, 0.2) is 0 Å². The summed E-state index contributed by atoms with van der Waals surface area (Å²) in [5.74, 6) is -0.334. The van der Waals surface area contributed by atoms with Gasteiger partial charge in [-0.15, -0.1) is 0 Å². The summed E-state index contributed by atoms with van der Waals surface area (Å²) in [6.07, 6.45) is 0. The summed E-state index contributed by atoms with van der Waals surface area (Å²) in [4.78, 5) is 20.5. The van der Waals surface area contributed by atoms with Crippen LogP contribution < -0.4 is 0 Å². The number of rotatable bonds is 4. The molecule has 1 aromatic heterocycles. The van der Waals surface area contributed by atoms with E-state index in [0.717, 1.165) is 24.0 Å². The van der Waals surface area contributed by atoms with E-state index in [4.69, 9.17) is 0 Å². The number of piperazine rings is 1. The minimum Gasteiger partial charge on any atom is -0.351 e. The van der Waals surface area contributed by atoms with E-state index in [1.165, 1.54) is 23.3 Å². The first-order valence-corrected chi connectivity index (χ1v) is 10.6. The van der Waals surface area contributed by atoms with Gasteiger partial charge >= 0.3 is 0 Å². The fraction of sp³-hybridized carbons (Fsp3) is 0.192. The Bertz CT molecular complexity index is 1140. The molecule has 1 aliphatic heterocycles. The molecule has 4 nitrogen and oxygen atoms in total. The van der Waals surface area contributed by atoms with Crippen molar-refractivity contribution < 1.29 is 9.18 Å². The maximum absolute atomic E-state index is 13.5. The van der Waals surface area contributed by atoms with Crippen molar-refractivity contribution in [2.45, 2.75) is 6.04 Å². The van der Waals surface area contributed by atoms with Crippen molar-refractivity contribution in [2.75, 3.05) is 26.2 Å². The molecule has 156 valence electrons. The van der Waals surface area contributed by atoms with Crippen LogP contribution in [0.3, 0.4) is 0 Å². The Morgan fingerprint density at radius 3 is 2.03 bits per heavy atom. The maximum Gasteiger partial charge on any atom is 0.270 e. The molecule has 0 spiro atoms. The average Bonchev–Trinajstić information content (AvgIpc) is 3.24. The number of nitrogens with one attached hydrogen (secondary N) is 1. The molecule has 5 heteroatoms. The van der Waals surface area contributed by atoms with E-state index in [1.54, 1.807) is 12.1 Å². The van der Waals surface area contributed by atoms with Gasteiger partial charge in [-0.05, 0) is 35.4 Å². The topological polar surface area (TPSA) is 39.3 Å². The first kappa shape index (κ1) is 19.5. The minimum absolute atomic E-state index is 0.0350. The molecule has 0 radical (unpaired) electrons. The molecule has 1 fully saturated rings. The number of nitrogens with zero attached hydrogens (tertiary/aromatic N) is 2. The van der Waals surface area contributed by atoms with E-state index in [9.17, 15) is 9.18 Å². The number of benzene rings is 3. The van der Waals surface area contributed by atoms with Gasteiger partial charge in [0.2, 0.25) is 0 Å².